The second-order valence-electron chi connectivity index (χ2n) is 5.10. The number of halogens is 2. The Balaban J connectivity index is 1.71. The van der Waals surface area contributed by atoms with E-state index in [1.807, 2.05) is 24.3 Å². The number of carbonyl (C=O) groups is 1. The van der Waals surface area contributed by atoms with Gasteiger partial charge >= 0.3 is 0 Å². The molecule has 24 heavy (non-hydrogen) atoms. The van der Waals surface area contributed by atoms with Crippen molar-refractivity contribution in [3.63, 3.8) is 0 Å². The van der Waals surface area contributed by atoms with Crippen molar-refractivity contribution in [2.24, 2.45) is 5.10 Å². The number of aromatic nitrogens is 3. The molecule has 3 rings (SSSR count). The third kappa shape index (κ3) is 3.39. The Morgan fingerprint density at radius 2 is 2.08 bits per heavy atom. The van der Waals surface area contributed by atoms with E-state index in [0.717, 1.165) is 11.0 Å². The first-order chi connectivity index (χ1) is 11.6. The number of fused-ring (bicyclic) bond motifs is 1. The molecule has 6 nitrogen and oxygen atoms in total. The van der Waals surface area contributed by atoms with E-state index in [0.29, 0.717) is 15.6 Å². The molecule has 0 radical (unpaired) electrons. The van der Waals surface area contributed by atoms with Crippen LogP contribution in [0.25, 0.3) is 11.0 Å². The summed E-state index contributed by atoms with van der Waals surface area (Å²) in [4.78, 5) is 12.2. The van der Waals surface area contributed by atoms with Gasteiger partial charge in [-0.1, -0.05) is 46.6 Å². The number of carbonyl (C=O) groups excluding carboxylic acids is 1. The molecule has 1 N–H and O–H groups in total. The first-order valence-electron chi connectivity index (χ1n) is 7.14. The highest BCUT2D eigenvalue weighted by Crippen LogP contribution is 2.19. The highest BCUT2D eigenvalue weighted by molar-refractivity contribution is 6.36. The second kappa shape index (κ2) is 6.98. The minimum Gasteiger partial charge on any atom is -0.271 e. The van der Waals surface area contributed by atoms with E-state index in [1.54, 1.807) is 29.8 Å². The second-order valence-corrected chi connectivity index (χ2v) is 5.94. The van der Waals surface area contributed by atoms with Gasteiger partial charge in [0.25, 0.3) is 5.91 Å². The minimum absolute atomic E-state index is 0.313. The van der Waals surface area contributed by atoms with Crippen molar-refractivity contribution < 1.29 is 4.79 Å². The summed E-state index contributed by atoms with van der Waals surface area (Å²) in [5.74, 6) is -0.313. The van der Waals surface area contributed by atoms with E-state index < -0.39 is 6.04 Å². The fourth-order valence-corrected chi connectivity index (χ4v) is 2.61. The molecule has 1 unspecified atom stereocenters. The van der Waals surface area contributed by atoms with Gasteiger partial charge in [-0.3, -0.25) is 4.79 Å². The molecule has 1 atom stereocenters. The molecule has 0 bridgehead atoms. The van der Waals surface area contributed by atoms with Gasteiger partial charge < -0.3 is 0 Å². The SMILES string of the molecule is CC(C(=O)N/N=C/c1ccc(Cl)cc1Cl)n1nnc2ccccc21. The summed E-state index contributed by atoms with van der Waals surface area (Å²) in [6, 6.07) is 11.9. The van der Waals surface area contributed by atoms with E-state index in [4.69, 9.17) is 23.2 Å². The van der Waals surface area contributed by atoms with Crippen LogP contribution < -0.4 is 5.43 Å². The van der Waals surface area contributed by atoms with Crippen molar-refractivity contribution in [3.8, 4) is 0 Å². The number of benzene rings is 2. The third-order valence-corrected chi connectivity index (χ3v) is 4.03. The minimum atomic E-state index is -0.560. The first-order valence-corrected chi connectivity index (χ1v) is 7.90. The van der Waals surface area contributed by atoms with Crippen LogP contribution in [0.1, 0.15) is 18.5 Å². The van der Waals surface area contributed by atoms with Gasteiger partial charge in [-0.25, -0.2) is 10.1 Å². The zero-order chi connectivity index (χ0) is 17.1. The number of amides is 1. The van der Waals surface area contributed by atoms with E-state index in [2.05, 4.69) is 20.8 Å². The van der Waals surface area contributed by atoms with Crippen LogP contribution in [-0.2, 0) is 4.79 Å². The van der Waals surface area contributed by atoms with Crippen molar-refractivity contribution in [1.29, 1.82) is 0 Å². The predicted molar refractivity (Wildman–Crippen MR) is 94.4 cm³/mol. The standard InChI is InChI=1S/C16H13Cl2N5O/c1-10(23-15-5-3-2-4-14(15)20-22-23)16(24)21-19-9-11-6-7-12(17)8-13(11)18/h2-10H,1H3,(H,21,24)/b19-9+. The molecule has 8 heteroatoms. The normalized spacial score (nSPS) is 12.6. The smallest absolute Gasteiger partial charge is 0.264 e. The monoisotopic (exact) mass is 361 g/mol. The first kappa shape index (κ1) is 16.4. The zero-order valence-electron chi connectivity index (χ0n) is 12.6. The highest BCUT2D eigenvalue weighted by atomic mass is 35.5. The molecule has 0 aliphatic carbocycles. The summed E-state index contributed by atoms with van der Waals surface area (Å²) in [5, 5.41) is 13.0. The Labute approximate surface area is 148 Å². The van der Waals surface area contributed by atoms with Gasteiger partial charge in [0.05, 0.1) is 16.8 Å². The number of para-hydroxylation sites is 1. The maximum absolute atomic E-state index is 12.2. The molecular formula is C16H13Cl2N5O. The van der Waals surface area contributed by atoms with Gasteiger partial charge in [0.15, 0.2) is 0 Å². The molecule has 0 aliphatic rings. The van der Waals surface area contributed by atoms with Gasteiger partial charge in [-0.05, 0) is 31.2 Å². The lowest BCUT2D eigenvalue weighted by atomic mass is 10.2. The van der Waals surface area contributed by atoms with Crippen molar-refractivity contribution in [2.45, 2.75) is 13.0 Å². The number of hydrogen-bond donors (Lipinski definition) is 1. The Hall–Kier alpha value is -2.44. The largest absolute Gasteiger partial charge is 0.271 e. The summed E-state index contributed by atoms with van der Waals surface area (Å²) in [6.45, 7) is 1.72. The summed E-state index contributed by atoms with van der Waals surface area (Å²) >= 11 is 11.9. The van der Waals surface area contributed by atoms with E-state index in [9.17, 15) is 4.79 Å². The molecule has 1 aromatic heterocycles. The van der Waals surface area contributed by atoms with Crippen molar-refractivity contribution in [1.82, 2.24) is 20.4 Å². The maximum Gasteiger partial charge on any atom is 0.264 e. The van der Waals surface area contributed by atoms with E-state index in [1.165, 1.54) is 6.21 Å². The Morgan fingerprint density at radius 3 is 2.88 bits per heavy atom. The van der Waals surface area contributed by atoms with Gasteiger partial charge in [0.1, 0.15) is 11.6 Å². The van der Waals surface area contributed by atoms with E-state index >= 15 is 0 Å². The van der Waals surface area contributed by atoms with Crippen LogP contribution in [0.15, 0.2) is 47.6 Å². The number of nitrogens with one attached hydrogen (secondary N) is 1. The number of nitrogens with zero attached hydrogens (tertiary/aromatic N) is 4. The lowest BCUT2D eigenvalue weighted by molar-refractivity contribution is -0.124. The topological polar surface area (TPSA) is 72.2 Å². The fourth-order valence-electron chi connectivity index (χ4n) is 2.15. The highest BCUT2D eigenvalue weighted by Gasteiger charge is 2.18. The summed E-state index contributed by atoms with van der Waals surface area (Å²) in [7, 11) is 0. The summed E-state index contributed by atoms with van der Waals surface area (Å²) in [6.07, 6.45) is 1.46. The van der Waals surface area contributed by atoms with Crippen LogP contribution in [0, 0.1) is 0 Å². The molecule has 0 aliphatic heterocycles. The molecule has 2 aromatic carbocycles. The number of hydrazone groups is 1. The van der Waals surface area contributed by atoms with Crippen LogP contribution in [0.3, 0.4) is 0 Å². The Bertz CT molecular complexity index is 922. The summed E-state index contributed by atoms with van der Waals surface area (Å²) in [5.41, 5.74) is 4.64. The van der Waals surface area contributed by atoms with Crippen LogP contribution >= 0.6 is 23.2 Å². The van der Waals surface area contributed by atoms with Gasteiger partial charge in [-0.15, -0.1) is 5.10 Å². The molecule has 0 spiro atoms. The average molecular weight is 362 g/mol. The predicted octanol–water partition coefficient (Wildman–Crippen LogP) is 3.45. The molecule has 0 saturated carbocycles. The quantitative estimate of drug-likeness (QED) is 0.571. The Kier molecular flexibility index (Phi) is 4.78. The zero-order valence-corrected chi connectivity index (χ0v) is 14.2. The number of hydrogen-bond acceptors (Lipinski definition) is 4. The molecule has 122 valence electrons. The van der Waals surface area contributed by atoms with Crippen molar-refractivity contribution in [3.05, 3.63) is 58.1 Å². The van der Waals surface area contributed by atoms with Gasteiger partial charge in [-0.2, -0.15) is 5.10 Å². The Morgan fingerprint density at radius 1 is 1.29 bits per heavy atom. The van der Waals surface area contributed by atoms with E-state index in [-0.39, 0.29) is 5.91 Å². The van der Waals surface area contributed by atoms with Gasteiger partial charge in [0.2, 0.25) is 0 Å². The van der Waals surface area contributed by atoms with Crippen LogP contribution in [-0.4, -0.2) is 27.1 Å². The number of rotatable bonds is 4. The molecule has 1 amide bonds. The van der Waals surface area contributed by atoms with Crippen LogP contribution in [0.5, 0.6) is 0 Å². The lowest BCUT2D eigenvalue weighted by Crippen LogP contribution is -2.28. The molecule has 0 saturated heterocycles. The van der Waals surface area contributed by atoms with Gasteiger partial charge in [0, 0.05) is 10.6 Å². The lowest BCUT2D eigenvalue weighted by Gasteiger charge is -2.10. The third-order valence-electron chi connectivity index (χ3n) is 3.46. The molecule has 0 fully saturated rings. The molecule has 1 heterocycles. The fraction of sp³-hybridized carbons (Fsp3) is 0.125. The van der Waals surface area contributed by atoms with Crippen molar-refractivity contribution in [2.75, 3.05) is 0 Å². The molecule has 3 aromatic rings. The molecular weight excluding hydrogens is 349 g/mol. The maximum atomic E-state index is 12.2. The summed E-state index contributed by atoms with van der Waals surface area (Å²) < 4.78 is 1.55. The van der Waals surface area contributed by atoms with Crippen molar-refractivity contribution >= 4 is 46.4 Å². The van der Waals surface area contributed by atoms with Crippen LogP contribution in [0.4, 0.5) is 0 Å². The average Bonchev–Trinajstić information content (AvgIpc) is 3.00. The van der Waals surface area contributed by atoms with Crippen LogP contribution in [0.2, 0.25) is 10.0 Å².